The largest absolute Gasteiger partial charge is 0.507 e. The molecule has 5 nitrogen and oxygen atoms in total. The van der Waals surface area contributed by atoms with Gasteiger partial charge in [-0.05, 0) is 45.0 Å². The molecule has 0 spiro atoms. The van der Waals surface area contributed by atoms with Gasteiger partial charge in [-0.25, -0.2) is 5.43 Å². The second-order valence-electron chi connectivity index (χ2n) is 5.09. The van der Waals surface area contributed by atoms with E-state index in [9.17, 15) is 9.90 Å². The number of rotatable bonds is 4. The highest BCUT2D eigenvalue weighted by atomic mass is 16.3. The molecule has 20 heavy (non-hydrogen) atoms. The molecule has 0 aromatic heterocycles. The molecule has 2 rings (SSSR count). The monoisotopic (exact) mass is 275 g/mol. The summed E-state index contributed by atoms with van der Waals surface area (Å²) in [6, 6.07) is 6.94. The number of nitrogens with zero attached hydrogens (tertiary/aromatic N) is 2. The molecule has 1 aliphatic rings. The van der Waals surface area contributed by atoms with Gasteiger partial charge in [-0.2, -0.15) is 5.10 Å². The number of hydrogen-bond donors (Lipinski definition) is 2. The second kappa shape index (κ2) is 7.05. The topological polar surface area (TPSA) is 64.9 Å². The van der Waals surface area contributed by atoms with Gasteiger partial charge in [0, 0.05) is 5.56 Å². The van der Waals surface area contributed by atoms with E-state index in [4.69, 9.17) is 0 Å². The van der Waals surface area contributed by atoms with E-state index < -0.39 is 0 Å². The molecular formula is C15H21N3O2. The molecule has 0 bridgehead atoms. The van der Waals surface area contributed by atoms with Gasteiger partial charge in [-0.1, -0.05) is 18.6 Å². The van der Waals surface area contributed by atoms with Gasteiger partial charge in [0.15, 0.2) is 0 Å². The normalized spacial score (nSPS) is 16.9. The molecule has 1 aromatic rings. The molecule has 1 amide bonds. The third kappa shape index (κ3) is 4.06. The SMILES string of the molecule is C/C(=N\NC(=O)CN1CCCCC1)c1ccccc1O. The van der Waals surface area contributed by atoms with Crippen molar-refractivity contribution in [2.24, 2.45) is 5.10 Å². The summed E-state index contributed by atoms with van der Waals surface area (Å²) >= 11 is 0. The lowest BCUT2D eigenvalue weighted by Crippen LogP contribution is -2.38. The Hall–Kier alpha value is -1.88. The molecule has 108 valence electrons. The fraction of sp³-hybridized carbons (Fsp3) is 0.467. The van der Waals surface area contributed by atoms with E-state index in [1.54, 1.807) is 25.1 Å². The lowest BCUT2D eigenvalue weighted by molar-refractivity contribution is -0.122. The van der Waals surface area contributed by atoms with Gasteiger partial charge in [0.05, 0.1) is 12.3 Å². The summed E-state index contributed by atoms with van der Waals surface area (Å²) in [7, 11) is 0. The highest BCUT2D eigenvalue weighted by Crippen LogP contribution is 2.16. The van der Waals surface area contributed by atoms with Crippen molar-refractivity contribution in [1.29, 1.82) is 0 Å². The minimum Gasteiger partial charge on any atom is -0.507 e. The Bertz CT molecular complexity index is 494. The standard InChI is InChI=1S/C15H21N3O2/c1-12(13-7-3-4-8-14(13)19)16-17-15(20)11-18-9-5-2-6-10-18/h3-4,7-8,19H,2,5-6,9-11H2,1H3,(H,17,20)/b16-12+. The van der Waals surface area contributed by atoms with E-state index in [0.29, 0.717) is 17.8 Å². The summed E-state index contributed by atoms with van der Waals surface area (Å²) in [4.78, 5) is 14.0. The van der Waals surface area contributed by atoms with E-state index in [2.05, 4.69) is 15.4 Å². The number of amides is 1. The maximum absolute atomic E-state index is 11.8. The zero-order valence-electron chi connectivity index (χ0n) is 11.8. The second-order valence-corrected chi connectivity index (χ2v) is 5.09. The Morgan fingerprint density at radius 1 is 1.30 bits per heavy atom. The quantitative estimate of drug-likeness (QED) is 0.649. The fourth-order valence-corrected chi connectivity index (χ4v) is 2.34. The van der Waals surface area contributed by atoms with Crippen LogP contribution in [-0.4, -0.2) is 41.3 Å². The number of para-hydroxylation sites is 1. The van der Waals surface area contributed by atoms with Crippen molar-refractivity contribution in [1.82, 2.24) is 10.3 Å². The molecule has 1 heterocycles. The minimum absolute atomic E-state index is 0.110. The van der Waals surface area contributed by atoms with Crippen LogP contribution < -0.4 is 5.43 Å². The van der Waals surface area contributed by atoms with Crippen molar-refractivity contribution < 1.29 is 9.90 Å². The summed E-state index contributed by atoms with van der Waals surface area (Å²) in [6.45, 7) is 4.11. The molecule has 0 saturated carbocycles. The molecule has 1 aromatic carbocycles. The van der Waals surface area contributed by atoms with Crippen molar-refractivity contribution >= 4 is 11.6 Å². The summed E-state index contributed by atoms with van der Waals surface area (Å²) in [5.74, 6) is 0.0562. The number of phenols is 1. The molecule has 1 aliphatic heterocycles. The van der Waals surface area contributed by atoms with E-state index >= 15 is 0 Å². The van der Waals surface area contributed by atoms with E-state index in [0.717, 1.165) is 25.9 Å². The van der Waals surface area contributed by atoms with Crippen LogP contribution in [-0.2, 0) is 4.79 Å². The van der Waals surface area contributed by atoms with Crippen LogP contribution in [0, 0.1) is 0 Å². The van der Waals surface area contributed by atoms with Gasteiger partial charge in [-0.15, -0.1) is 0 Å². The van der Waals surface area contributed by atoms with Crippen LogP contribution in [0.5, 0.6) is 5.75 Å². The average molecular weight is 275 g/mol. The van der Waals surface area contributed by atoms with Crippen LogP contribution in [0.3, 0.4) is 0 Å². The van der Waals surface area contributed by atoms with E-state index in [-0.39, 0.29) is 11.7 Å². The first-order valence-electron chi connectivity index (χ1n) is 7.00. The van der Waals surface area contributed by atoms with Crippen LogP contribution in [0.4, 0.5) is 0 Å². The van der Waals surface area contributed by atoms with E-state index in [1.807, 2.05) is 6.07 Å². The average Bonchev–Trinajstić information content (AvgIpc) is 2.46. The first-order valence-corrected chi connectivity index (χ1v) is 7.00. The van der Waals surface area contributed by atoms with Crippen LogP contribution in [0.25, 0.3) is 0 Å². The Labute approximate surface area is 119 Å². The van der Waals surface area contributed by atoms with Crippen LogP contribution in [0.15, 0.2) is 29.4 Å². The fourth-order valence-electron chi connectivity index (χ4n) is 2.34. The van der Waals surface area contributed by atoms with Crippen molar-refractivity contribution in [3.63, 3.8) is 0 Å². The summed E-state index contributed by atoms with van der Waals surface area (Å²) in [6.07, 6.45) is 3.57. The van der Waals surface area contributed by atoms with Crippen molar-refractivity contribution in [2.75, 3.05) is 19.6 Å². The first-order chi connectivity index (χ1) is 9.66. The molecule has 5 heteroatoms. The van der Waals surface area contributed by atoms with Crippen molar-refractivity contribution in [3.05, 3.63) is 29.8 Å². The number of hydrogen-bond acceptors (Lipinski definition) is 4. The van der Waals surface area contributed by atoms with Gasteiger partial charge in [-0.3, -0.25) is 9.69 Å². The van der Waals surface area contributed by atoms with Crippen LogP contribution in [0.1, 0.15) is 31.7 Å². The van der Waals surface area contributed by atoms with Gasteiger partial charge in [0.1, 0.15) is 5.75 Å². The van der Waals surface area contributed by atoms with E-state index in [1.165, 1.54) is 6.42 Å². The van der Waals surface area contributed by atoms with Crippen molar-refractivity contribution in [3.8, 4) is 5.75 Å². The van der Waals surface area contributed by atoms with Gasteiger partial charge in [0.2, 0.25) is 0 Å². The highest BCUT2D eigenvalue weighted by Gasteiger charge is 2.13. The third-order valence-electron chi connectivity index (χ3n) is 3.46. The summed E-state index contributed by atoms with van der Waals surface area (Å²) < 4.78 is 0. The maximum Gasteiger partial charge on any atom is 0.254 e. The van der Waals surface area contributed by atoms with Gasteiger partial charge < -0.3 is 5.11 Å². The summed E-state index contributed by atoms with van der Waals surface area (Å²) in [5, 5.41) is 13.8. The predicted octanol–water partition coefficient (Wildman–Crippen LogP) is 1.72. The number of benzene rings is 1. The maximum atomic E-state index is 11.8. The number of carbonyl (C=O) groups is 1. The minimum atomic E-state index is -0.110. The number of aromatic hydroxyl groups is 1. The Morgan fingerprint density at radius 3 is 2.70 bits per heavy atom. The number of likely N-dealkylation sites (tertiary alicyclic amines) is 1. The Morgan fingerprint density at radius 2 is 2.00 bits per heavy atom. The first kappa shape index (κ1) is 14.5. The molecule has 1 saturated heterocycles. The van der Waals surface area contributed by atoms with Crippen molar-refractivity contribution in [2.45, 2.75) is 26.2 Å². The number of phenolic OH excluding ortho intramolecular Hbond substituents is 1. The molecular weight excluding hydrogens is 254 g/mol. The molecule has 0 unspecified atom stereocenters. The Balaban J connectivity index is 1.88. The predicted molar refractivity (Wildman–Crippen MR) is 78.8 cm³/mol. The Kier molecular flexibility index (Phi) is 5.12. The number of carbonyl (C=O) groups excluding carboxylic acids is 1. The van der Waals surface area contributed by atoms with Crippen LogP contribution in [0.2, 0.25) is 0 Å². The number of nitrogens with one attached hydrogen (secondary N) is 1. The summed E-state index contributed by atoms with van der Waals surface area (Å²) in [5.41, 5.74) is 3.77. The zero-order chi connectivity index (χ0) is 14.4. The number of piperidine rings is 1. The molecule has 0 atom stereocenters. The molecule has 2 N–H and O–H groups in total. The zero-order valence-corrected chi connectivity index (χ0v) is 11.8. The highest BCUT2D eigenvalue weighted by molar-refractivity contribution is 6.01. The van der Waals surface area contributed by atoms with Gasteiger partial charge in [0.25, 0.3) is 5.91 Å². The lowest BCUT2D eigenvalue weighted by Gasteiger charge is -2.25. The van der Waals surface area contributed by atoms with Crippen LogP contribution >= 0.6 is 0 Å². The molecule has 0 aliphatic carbocycles. The molecule has 0 radical (unpaired) electrons. The van der Waals surface area contributed by atoms with Gasteiger partial charge >= 0.3 is 0 Å². The number of hydrazone groups is 1. The molecule has 1 fully saturated rings. The third-order valence-corrected chi connectivity index (χ3v) is 3.46. The smallest absolute Gasteiger partial charge is 0.254 e. The lowest BCUT2D eigenvalue weighted by atomic mass is 10.1.